The Morgan fingerprint density at radius 1 is 1.03 bits per heavy atom. The van der Waals surface area contributed by atoms with Gasteiger partial charge in [0.25, 0.3) is 0 Å². The first kappa shape index (κ1) is 25.7. The van der Waals surface area contributed by atoms with E-state index in [2.05, 4.69) is 9.72 Å². The summed E-state index contributed by atoms with van der Waals surface area (Å²) in [5, 5.41) is 0. The fourth-order valence-electron chi connectivity index (χ4n) is 3.74. The van der Waals surface area contributed by atoms with Crippen LogP contribution in [0.1, 0.15) is 24.0 Å². The number of hydrogen-bond acceptors (Lipinski definition) is 7. The van der Waals surface area contributed by atoms with Gasteiger partial charge in [-0.1, -0.05) is 12.1 Å². The second kappa shape index (κ2) is 12.5. The van der Waals surface area contributed by atoms with Crippen LogP contribution < -0.4 is 14.2 Å². The van der Waals surface area contributed by atoms with Gasteiger partial charge in [0.2, 0.25) is 0 Å². The van der Waals surface area contributed by atoms with Crippen LogP contribution in [0.4, 0.5) is 9.18 Å². The molecule has 1 saturated heterocycles. The molecule has 0 spiro atoms. The summed E-state index contributed by atoms with van der Waals surface area (Å²) in [6.45, 7) is 1.26. The average Bonchev–Trinajstić information content (AvgIpc) is 2.92. The largest absolute Gasteiger partial charge is 0.490 e. The van der Waals surface area contributed by atoms with Crippen molar-refractivity contribution in [2.45, 2.75) is 25.6 Å². The van der Waals surface area contributed by atoms with Gasteiger partial charge < -0.3 is 23.8 Å². The zero-order valence-electron chi connectivity index (χ0n) is 20.3. The quantitative estimate of drug-likeness (QED) is 0.313. The van der Waals surface area contributed by atoms with Crippen LogP contribution in [0, 0.1) is 5.82 Å². The summed E-state index contributed by atoms with van der Waals surface area (Å²) in [4.78, 5) is 29.5. The fraction of sp³-hybridized carbons (Fsp3) is 0.250. The maximum absolute atomic E-state index is 13.3. The first-order chi connectivity index (χ1) is 18.0. The minimum atomic E-state index is -0.488. The number of piperidine rings is 1. The number of esters is 1. The molecular formula is C28H27FN2O6. The highest BCUT2D eigenvalue weighted by Crippen LogP contribution is 2.23. The fourth-order valence-corrected chi connectivity index (χ4v) is 3.74. The SMILES string of the molecule is COC(=O)/C=C/c1cncc(OC(=O)N2CCC(Oc3ccc(OCc4cccc(F)c4)cc3)CC2)c1. The molecule has 0 bridgehead atoms. The molecule has 37 heavy (non-hydrogen) atoms. The first-order valence-corrected chi connectivity index (χ1v) is 11.8. The highest BCUT2D eigenvalue weighted by Gasteiger charge is 2.25. The number of aromatic nitrogens is 1. The van der Waals surface area contributed by atoms with Crippen molar-refractivity contribution in [2.75, 3.05) is 20.2 Å². The molecule has 1 fully saturated rings. The molecule has 0 atom stereocenters. The number of amides is 1. The normalized spacial score (nSPS) is 13.8. The van der Waals surface area contributed by atoms with Crippen molar-refractivity contribution in [2.24, 2.45) is 0 Å². The van der Waals surface area contributed by atoms with Crippen molar-refractivity contribution in [1.82, 2.24) is 9.88 Å². The van der Waals surface area contributed by atoms with Crippen LogP contribution in [0.5, 0.6) is 17.2 Å². The van der Waals surface area contributed by atoms with Crippen LogP contribution >= 0.6 is 0 Å². The van der Waals surface area contributed by atoms with Gasteiger partial charge in [0, 0.05) is 38.2 Å². The molecule has 8 nitrogen and oxygen atoms in total. The van der Waals surface area contributed by atoms with Crippen LogP contribution in [-0.4, -0.2) is 48.2 Å². The Kier molecular flexibility index (Phi) is 8.70. The minimum Gasteiger partial charge on any atom is -0.490 e. The Morgan fingerprint density at radius 3 is 2.51 bits per heavy atom. The van der Waals surface area contributed by atoms with E-state index < -0.39 is 12.1 Å². The van der Waals surface area contributed by atoms with Gasteiger partial charge in [0.05, 0.1) is 13.3 Å². The number of carbonyl (C=O) groups excluding carboxylic acids is 2. The third kappa shape index (κ3) is 7.79. The lowest BCUT2D eigenvalue weighted by Gasteiger charge is -2.31. The summed E-state index contributed by atoms with van der Waals surface area (Å²) in [5.74, 6) is 0.878. The van der Waals surface area contributed by atoms with Gasteiger partial charge >= 0.3 is 12.1 Å². The monoisotopic (exact) mass is 506 g/mol. The van der Waals surface area contributed by atoms with E-state index in [1.54, 1.807) is 23.2 Å². The van der Waals surface area contributed by atoms with E-state index in [1.165, 1.54) is 37.6 Å². The maximum atomic E-state index is 13.3. The molecule has 2 aromatic carbocycles. The van der Waals surface area contributed by atoms with Crippen molar-refractivity contribution in [3.8, 4) is 17.2 Å². The number of carbonyl (C=O) groups is 2. The summed E-state index contributed by atoms with van der Waals surface area (Å²) in [6.07, 6.45) is 6.60. The Balaban J connectivity index is 1.21. The van der Waals surface area contributed by atoms with E-state index >= 15 is 0 Å². The molecular weight excluding hydrogens is 479 g/mol. The topological polar surface area (TPSA) is 87.2 Å². The van der Waals surface area contributed by atoms with Crippen molar-refractivity contribution in [1.29, 1.82) is 0 Å². The number of hydrogen-bond donors (Lipinski definition) is 0. The second-order valence-electron chi connectivity index (χ2n) is 8.37. The molecule has 0 N–H and O–H groups in total. The molecule has 192 valence electrons. The third-order valence-electron chi connectivity index (χ3n) is 5.67. The Morgan fingerprint density at radius 2 is 1.78 bits per heavy atom. The molecule has 9 heteroatoms. The summed E-state index contributed by atoms with van der Waals surface area (Å²) in [7, 11) is 1.29. The van der Waals surface area contributed by atoms with Gasteiger partial charge in [-0.25, -0.2) is 14.0 Å². The second-order valence-corrected chi connectivity index (χ2v) is 8.37. The molecule has 1 aliphatic rings. The van der Waals surface area contributed by atoms with Crippen molar-refractivity contribution >= 4 is 18.1 Å². The molecule has 0 saturated carbocycles. The molecule has 0 unspecified atom stereocenters. The smallest absolute Gasteiger partial charge is 0.415 e. The van der Waals surface area contributed by atoms with Gasteiger partial charge in [-0.15, -0.1) is 0 Å². The van der Waals surface area contributed by atoms with Gasteiger partial charge in [0.15, 0.2) is 5.75 Å². The summed E-state index contributed by atoms with van der Waals surface area (Å²) < 4.78 is 35.1. The molecule has 0 radical (unpaired) electrons. The molecule has 4 rings (SSSR count). The van der Waals surface area contributed by atoms with E-state index in [-0.39, 0.29) is 24.3 Å². The summed E-state index contributed by atoms with van der Waals surface area (Å²) in [6, 6.07) is 15.2. The zero-order valence-corrected chi connectivity index (χ0v) is 20.3. The number of likely N-dealkylation sites (tertiary alicyclic amines) is 1. The number of pyridine rings is 1. The lowest BCUT2D eigenvalue weighted by Crippen LogP contribution is -2.43. The molecule has 3 aromatic rings. The van der Waals surface area contributed by atoms with Crippen LogP contribution in [0.25, 0.3) is 6.08 Å². The number of ether oxygens (including phenoxy) is 4. The number of rotatable bonds is 8. The molecule has 1 aliphatic heterocycles. The van der Waals surface area contributed by atoms with Gasteiger partial charge in [-0.05, 0) is 59.7 Å². The van der Waals surface area contributed by atoms with Crippen LogP contribution in [-0.2, 0) is 16.1 Å². The van der Waals surface area contributed by atoms with Crippen molar-refractivity contribution < 1.29 is 32.9 Å². The third-order valence-corrected chi connectivity index (χ3v) is 5.67. The lowest BCUT2D eigenvalue weighted by molar-refractivity contribution is -0.134. The van der Waals surface area contributed by atoms with E-state index in [0.29, 0.717) is 43.0 Å². The van der Waals surface area contributed by atoms with Crippen molar-refractivity contribution in [3.05, 3.63) is 90.0 Å². The number of nitrogens with zero attached hydrogens (tertiary/aromatic N) is 2. The summed E-state index contributed by atoms with van der Waals surface area (Å²) in [5.41, 5.74) is 1.36. The molecule has 1 amide bonds. The minimum absolute atomic E-state index is 0.0310. The molecule has 0 aliphatic carbocycles. The van der Waals surface area contributed by atoms with Crippen LogP contribution in [0.15, 0.2) is 73.1 Å². The lowest BCUT2D eigenvalue weighted by atomic mass is 10.1. The maximum Gasteiger partial charge on any atom is 0.415 e. The predicted octanol–water partition coefficient (Wildman–Crippen LogP) is 5.03. The Labute approximate surface area is 214 Å². The van der Waals surface area contributed by atoms with Crippen LogP contribution in [0.2, 0.25) is 0 Å². The van der Waals surface area contributed by atoms with Crippen molar-refractivity contribution in [3.63, 3.8) is 0 Å². The van der Waals surface area contributed by atoms with Gasteiger partial charge in [0.1, 0.15) is 30.0 Å². The highest BCUT2D eigenvalue weighted by atomic mass is 19.1. The van der Waals surface area contributed by atoms with E-state index in [1.807, 2.05) is 30.3 Å². The molecule has 2 heterocycles. The Hall–Kier alpha value is -4.40. The summed E-state index contributed by atoms with van der Waals surface area (Å²) >= 11 is 0. The Bertz CT molecular complexity index is 1240. The number of methoxy groups -OCH3 is 1. The van der Waals surface area contributed by atoms with Gasteiger partial charge in [-0.3, -0.25) is 4.98 Å². The van der Waals surface area contributed by atoms with E-state index in [9.17, 15) is 14.0 Å². The van der Waals surface area contributed by atoms with Crippen LogP contribution in [0.3, 0.4) is 0 Å². The number of benzene rings is 2. The zero-order chi connectivity index (χ0) is 26.0. The average molecular weight is 507 g/mol. The first-order valence-electron chi connectivity index (χ1n) is 11.8. The highest BCUT2D eigenvalue weighted by molar-refractivity contribution is 5.86. The van der Waals surface area contributed by atoms with E-state index in [0.717, 1.165) is 5.56 Å². The standard InChI is InChI=1S/C28H27FN2O6/c1-34-27(32)10-5-20-16-26(18-30-17-20)37-28(33)31-13-11-25(12-14-31)36-24-8-6-23(7-9-24)35-19-21-3-2-4-22(29)15-21/h2-10,15-18,25H,11-14,19H2,1H3/b10-5+. The number of halogens is 1. The van der Waals surface area contributed by atoms with Gasteiger partial charge in [-0.2, -0.15) is 0 Å². The predicted molar refractivity (Wildman–Crippen MR) is 134 cm³/mol. The van der Waals surface area contributed by atoms with E-state index in [4.69, 9.17) is 14.2 Å². The molecule has 1 aromatic heterocycles.